The fourth-order valence-electron chi connectivity index (χ4n) is 2.57. The SMILES string of the molecule is CCCNC(=O)c1ccccc1NC(=O)COc1c(C)cc(Br)cc1C. The summed E-state index contributed by atoms with van der Waals surface area (Å²) in [5.74, 6) is 0.169. The summed E-state index contributed by atoms with van der Waals surface area (Å²) in [6.45, 7) is 6.30. The van der Waals surface area contributed by atoms with E-state index >= 15 is 0 Å². The Bertz CT molecular complexity index is 782. The Labute approximate surface area is 162 Å². The van der Waals surface area contributed by atoms with Gasteiger partial charge in [-0.3, -0.25) is 9.59 Å². The van der Waals surface area contributed by atoms with Crippen LogP contribution in [0.5, 0.6) is 5.75 Å². The highest BCUT2D eigenvalue weighted by Gasteiger charge is 2.14. The normalized spacial score (nSPS) is 10.3. The van der Waals surface area contributed by atoms with Crippen molar-refractivity contribution in [2.24, 2.45) is 0 Å². The molecule has 138 valence electrons. The van der Waals surface area contributed by atoms with Gasteiger partial charge in [-0.15, -0.1) is 0 Å². The summed E-state index contributed by atoms with van der Waals surface area (Å²) < 4.78 is 6.66. The predicted octanol–water partition coefficient (Wildman–Crippen LogP) is 4.22. The molecule has 0 aliphatic rings. The zero-order valence-electron chi connectivity index (χ0n) is 15.2. The molecule has 2 aromatic rings. The zero-order valence-corrected chi connectivity index (χ0v) is 16.8. The molecule has 2 aromatic carbocycles. The molecule has 5 nitrogen and oxygen atoms in total. The maximum atomic E-state index is 12.3. The molecule has 2 N–H and O–H groups in total. The number of anilines is 1. The second-order valence-electron chi connectivity index (χ2n) is 6.01. The number of carbonyl (C=O) groups is 2. The molecule has 6 heteroatoms. The van der Waals surface area contributed by atoms with E-state index in [0.717, 1.165) is 22.0 Å². The lowest BCUT2D eigenvalue weighted by atomic mass is 10.1. The lowest BCUT2D eigenvalue weighted by Gasteiger charge is -2.14. The van der Waals surface area contributed by atoms with Crippen molar-refractivity contribution in [3.05, 3.63) is 57.6 Å². The summed E-state index contributed by atoms with van der Waals surface area (Å²) >= 11 is 3.44. The van der Waals surface area contributed by atoms with Crippen molar-refractivity contribution in [2.75, 3.05) is 18.5 Å². The summed E-state index contributed by atoms with van der Waals surface area (Å²) in [4.78, 5) is 24.5. The highest BCUT2D eigenvalue weighted by atomic mass is 79.9. The van der Waals surface area contributed by atoms with E-state index in [9.17, 15) is 9.59 Å². The Morgan fingerprint density at radius 1 is 1.12 bits per heavy atom. The van der Waals surface area contributed by atoms with Crippen molar-refractivity contribution in [3.8, 4) is 5.75 Å². The first-order valence-electron chi connectivity index (χ1n) is 8.49. The molecule has 0 fully saturated rings. The van der Waals surface area contributed by atoms with Gasteiger partial charge in [0.1, 0.15) is 5.75 Å². The highest BCUT2D eigenvalue weighted by molar-refractivity contribution is 9.10. The van der Waals surface area contributed by atoms with Crippen LogP contribution in [0.2, 0.25) is 0 Å². The molecule has 0 unspecified atom stereocenters. The lowest BCUT2D eigenvalue weighted by molar-refractivity contribution is -0.118. The van der Waals surface area contributed by atoms with E-state index in [0.29, 0.717) is 23.5 Å². The third kappa shape index (κ3) is 5.33. The molecule has 0 atom stereocenters. The maximum Gasteiger partial charge on any atom is 0.262 e. The van der Waals surface area contributed by atoms with E-state index in [-0.39, 0.29) is 18.4 Å². The largest absolute Gasteiger partial charge is 0.483 e. The van der Waals surface area contributed by atoms with Crippen LogP contribution in [0.1, 0.15) is 34.8 Å². The highest BCUT2D eigenvalue weighted by Crippen LogP contribution is 2.27. The number of hydrogen-bond acceptors (Lipinski definition) is 3. The molecule has 2 amide bonds. The smallest absolute Gasteiger partial charge is 0.262 e. The molecular weight excluding hydrogens is 396 g/mol. The van der Waals surface area contributed by atoms with E-state index in [1.54, 1.807) is 24.3 Å². The molecule has 0 saturated heterocycles. The second-order valence-corrected chi connectivity index (χ2v) is 6.92. The van der Waals surface area contributed by atoms with Gasteiger partial charge in [0.2, 0.25) is 0 Å². The fourth-order valence-corrected chi connectivity index (χ4v) is 3.26. The van der Waals surface area contributed by atoms with E-state index in [1.807, 2.05) is 32.9 Å². The van der Waals surface area contributed by atoms with Crippen LogP contribution in [-0.4, -0.2) is 25.0 Å². The van der Waals surface area contributed by atoms with E-state index in [2.05, 4.69) is 26.6 Å². The molecule has 0 spiro atoms. The van der Waals surface area contributed by atoms with E-state index in [1.165, 1.54) is 0 Å². The van der Waals surface area contributed by atoms with Gasteiger partial charge in [-0.25, -0.2) is 0 Å². The van der Waals surface area contributed by atoms with Crippen molar-refractivity contribution in [3.63, 3.8) is 0 Å². The topological polar surface area (TPSA) is 67.4 Å². The van der Waals surface area contributed by atoms with Crippen LogP contribution in [0.4, 0.5) is 5.69 Å². The zero-order chi connectivity index (χ0) is 19.1. The monoisotopic (exact) mass is 418 g/mol. The van der Waals surface area contributed by atoms with Crippen molar-refractivity contribution >= 4 is 33.4 Å². The number of nitrogens with one attached hydrogen (secondary N) is 2. The van der Waals surface area contributed by atoms with Crippen LogP contribution in [0.25, 0.3) is 0 Å². The van der Waals surface area contributed by atoms with Gasteiger partial charge in [0.15, 0.2) is 6.61 Å². The van der Waals surface area contributed by atoms with Crippen LogP contribution in [0.15, 0.2) is 40.9 Å². The van der Waals surface area contributed by atoms with E-state index < -0.39 is 0 Å². The molecule has 0 heterocycles. The molecule has 0 aliphatic heterocycles. The lowest BCUT2D eigenvalue weighted by Crippen LogP contribution is -2.27. The average Bonchev–Trinajstić information content (AvgIpc) is 2.59. The van der Waals surface area contributed by atoms with Gasteiger partial charge >= 0.3 is 0 Å². The van der Waals surface area contributed by atoms with Gasteiger partial charge < -0.3 is 15.4 Å². The number of aryl methyl sites for hydroxylation is 2. The van der Waals surface area contributed by atoms with Gasteiger partial charge in [0, 0.05) is 11.0 Å². The summed E-state index contributed by atoms with van der Waals surface area (Å²) in [7, 11) is 0. The fraction of sp³-hybridized carbons (Fsp3) is 0.300. The van der Waals surface area contributed by atoms with Crippen LogP contribution in [0, 0.1) is 13.8 Å². The van der Waals surface area contributed by atoms with Crippen molar-refractivity contribution < 1.29 is 14.3 Å². The van der Waals surface area contributed by atoms with Crippen LogP contribution in [-0.2, 0) is 4.79 Å². The Balaban J connectivity index is 2.04. The molecule has 0 bridgehead atoms. The van der Waals surface area contributed by atoms with Gasteiger partial charge in [0.05, 0.1) is 11.3 Å². The van der Waals surface area contributed by atoms with Crippen LogP contribution < -0.4 is 15.4 Å². The van der Waals surface area contributed by atoms with Crippen molar-refractivity contribution in [2.45, 2.75) is 27.2 Å². The number of para-hydroxylation sites is 1. The number of ether oxygens (including phenoxy) is 1. The Hall–Kier alpha value is -2.34. The van der Waals surface area contributed by atoms with Gasteiger partial charge in [0.25, 0.3) is 11.8 Å². The van der Waals surface area contributed by atoms with Gasteiger partial charge in [-0.05, 0) is 55.7 Å². The number of carbonyl (C=O) groups excluding carboxylic acids is 2. The molecular formula is C20H23BrN2O3. The molecule has 2 rings (SSSR count). The first kappa shape index (κ1) is 20.0. The third-order valence-electron chi connectivity index (χ3n) is 3.75. The maximum absolute atomic E-state index is 12.3. The van der Waals surface area contributed by atoms with Crippen LogP contribution >= 0.6 is 15.9 Å². The molecule has 26 heavy (non-hydrogen) atoms. The quantitative estimate of drug-likeness (QED) is 0.706. The summed E-state index contributed by atoms with van der Waals surface area (Å²) in [5.41, 5.74) is 2.80. The Kier molecular flexibility index (Phi) is 7.21. The molecule has 0 aliphatic carbocycles. The molecule has 0 saturated carbocycles. The first-order valence-corrected chi connectivity index (χ1v) is 9.28. The number of hydrogen-bond donors (Lipinski definition) is 2. The first-order chi connectivity index (χ1) is 12.4. The minimum atomic E-state index is -0.317. The molecule has 0 aromatic heterocycles. The predicted molar refractivity (Wildman–Crippen MR) is 107 cm³/mol. The standard InChI is InChI=1S/C20H23BrN2O3/c1-4-9-22-20(25)16-7-5-6-8-17(16)23-18(24)12-26-19-13(2)10-15(21)11-14(19)3/h5-8,10-11H,4,9,12H2,1-3H3,(H,22,25)(H,23,24). The van der Waals surface area contributed by atoms with E-state index in [4.69, 9.17) is 4.74 Å². The summed E-state index contributed by atoms with van der Waals surface area (Å²) in [5, 5.41) is 5.57. The minimum Gasteiger partial charge on any atom is -0.483 e. The van der Waals surface area contributed by atoms with Crippen molar-refractivity contribution in [1.29, 1.82) is 0 Å². The summed E-state index contributed by atoms with van der Waals surface area (Å²) in [6, 6.07) is 10.8. The number of amides is 2. The minimum absolute atomic E-state index is 0.131. The van der Waals surface area contributed by atoms with Gasteiger partial charge in [-0.2, -0.15) is 0 Å². The number of rotatable bonds is 7. The molecule has 0 radical (unpaired) electrons. The van der Waals surface area contributed by atoms with Crippen molar-refractivity contribution in [1.82, 2.24) is 5.32 Å². The summed E-state index contributed by atoms with van der Waals surface area (Å²) in [6.07, 6.45) is 0.847. The average molecular weight is 419 g/mol. The third-order valence-corrected chi connectivity index (χ3v) is 4.21. The van der Waals surface area contributed by atoms with Gasteiger partial charge in [-0.1, -0.05) is 35.0 Å². The van der Waals surface area contributed by atoms with Crippen LogP contribution in [0.3, 0.4) is 0 Å². The Morgan fingerprint density at radius 2 is 1.77 bits per heavy atom. The Morgan fingerprint density at radius 3 is 2.42 bits per heavy atom. The number of benzene rings is 2. The second kappa shape index (κ2) is 9.38. The number of halogens is 1.